The van der Waals surface area contributed by atoms with Crippen LogP contribution in [0.1, 0.15) is 21.5 Å². The van der Waals surface area contributed by atoms with E-state index in [4.69, 9.17) is 21.4 Å². The number of benzene rings is 2. The van der Waals surface area contributed by atoms with Gasteiger partial charge in [-0.25, -0.2) is 8.78 Å². The summed E-state index contributed by atoms with van der Waals surface area (Å²) in [5.41, 5.74) is 0.820. The number of nitrogens with one attached hydrogen (secondary N) is 2. The Hall–Kier alpha value is -3.30. The maximum absolute atomic E-state index is 13.8. The minimum absolute atomic E-state index is 0.0554. The van der Waals surface area contributed by atoms with Crippen LogP contribution >= 0.6 is 11.6 Å². The predicted octanol–water partition coefficient (Wildman–Crippen LogP) is 2.98. The van der Waals surface area contributed by atoms with Gasteiger partial charge in [-0.2, -0.15) is 4.98 Å². The third kappa shape index (κ3) is 5.25. The second-order valence-electron chi connectivity index (χ2n) is 6.57. The number of aromatic amines is 1. The fourth-order valence-electron chi connectivity index (χ4n) is 2.74. The smallest absolute Gasteiger partial charge is 0.273 e. The van der Waals surface area contributed by atoms with Crippen LogP contribution in [0.15, 0.2) is 41.2 Å². The standard InChI is InChI=1S/C21H18ClF2N3O4/c1-11-2-3-12(19(29)25-6-7-28)8-15(11)18-26-20(30)17(22)21(27-18)31-10-13-4-5-14(23)9-16(13)24/h2-5,8-9,28H,6-7,10H2,1H3,(H,25,29)(H,26,27,30). The molecule has 0 fully saturated rings. The lowest BCUT2D eigenvalue weighted by Crippen LogP contribution is -2.26. The van der Waals surface area contributed by atoms with Crippen molar-refractivity contribution in [2.75, 3.05) is 13.2 Å². The van der Waals surface area contributed by atoms with E-state index in [-0.39, 0.29) is 42.0 Å². The molecule has 0 saturated carbocycles. The molecule has 0 atom stereocenters. The van der Waals surface area contributed by atoms with Crippen LogP contribution < -0.4 is 15.6 Å². The van der Waals surface area contributed by atoms with Crippen LogP contribution in [0.5, 0.6) is 5.88 Å². The van der Waals surface area contributed by atoms with Crippen molar-refractivity contribution < 1.29 is 23.4 Å². The summed E-state index contributed by atoms with van der Waals surface area (Å²) in [6.07, 6.45) is 0. The molecule has 3 rings (SSSR count). The van der Waals surface area contributed by atoms with Gasteiger partial charge in [0.15, 0.2) is 5.02 Å². The number of nitrogens with zero attached hydrogens (tertiary/aromatic N) is 1. The topological polar surface area (TPSA) is 104 Å². The van der Waals surface area contributed by atoms with E-state index in [1.165, 1.54) is 12.1 Å². The largest absolute Gasteiger partial charge is 0.471 e. The van der Waals surface area contributed by atoms with Gasteiger partial charge in [0.2, 0.25) is 5.88 Å². The van der Waals surface area contributed by atoms with Crippen LogP contribution in [-0.4, -0.2) is 34.1 Å². The van der Waals surface area contributed by atoms with Gasteiger partial charge in [0.1, 0.15) is 24.1 Å². The maximum Gasteiger partial charge on any atom is 0.273 e. The molecule has 3 aromatic rings. The van der Waals surface area contributed by atoms with Crippen LogP contribution in [0.25, 0.3) is 11.4 Å². The van der Waals surface area contributed by atoms with Crippen molar-refractivity contribution in [3.63, 3.8) is 0 Å². The molecule has 162 valence electrons. The van der Waals surface area contributed by atoms with Gasteiger partial charge < -0.3 is 20.1 Å². The summed E-state index contributed by atoms with van der Waals surface area (Å²) < 4.78 is 32.3. The van der Waals surface area contributed by atoms with Crippen LogP contribution in [0, 0.1) is 18.6 Å². The molecule has 0 aliphatic carbocycles. The lowest BCUT2D eigenvalue weighted by atomic mass is 10.0. The summed E-state index contributed by atoms with van der Waals surface area (Å²) in [4.78, 5) is 31.2. The van der Waals surface area contributed by atoms with Gasteiger partial charge in [-0.1, -0.05) is 17.7 Å². The number of amides is 1. The van der Waals surface area contributed by atoms with Crippen molar-refractivity contribution in [3.05, 3.63) is 80.1 Å². The number of hydrogen-bond acceptors (Lipinski definition) is 5. The van der Waals surface area contributed by atoms with Crippen molar-refractivity contribution in [2.24, 2.45) is 0 Å². The van der Waals surface area contributed by atoms with Crippen LogP contribution in [-0.2, 0) is 6.61 Å². The molecule has 1 aromatic heterocycles. The molecule has 10 heteroatoms. The van der Waals surface area contributed by atoms with Crippen molar-refractivity contribution >= 4 is 17.5 Å². The summed E-state index contributed by atoms with van der Waals surface area (Å²) in [6, 6.07) is 7.80. The number of aliphatic hydroxyl groups excluding tert-OH is 1. The predicted molar refractivity (Wildman–Crippen MR) is 110 cm³/mol. The van der Waals surface area contributed by atoms with E-state index >= 15 is 0 Å². The van der Waals surface area contributed by atoms with E-state index in [1.807, 2.05) is 0 Å². The molecule has 7 nitrogen and oxygen atoms in total. The average Bonchev–Trinajstić information content (AvgIpc) is 2.74. The van der Waals surface area contributed by atoms with Crippen molar-refractivity contribution in [1.82, 2.24) is 15.3 Å². The number of halogens is 3. The molecular formula is C21H18ClF2N3O4. The number of H-pyrrole nitrogens is 1. The SMILES string of the molecule is Cc1ccc(C(=O)NCCO)cc1-c1nc(OCc2ccc(F)cc2F)c(Cl)c(=O)[nH]1. The summed E-state index contributed by atoms with van der Waals surface area (Å²) in [5, 5.41) is 11.1. The average molecular weight is 450 g/mol. The Kier molecular flexibility index (Phi) is 6.98. The van der Waals surface area contributed by atoms with Crippen molar-refractivity contribution in [2.45, 2.75) is 13.5 Å². The highest BCUT2D eigenvalue weighted by atomic mass is 35.5. The van der Waals surface area contributed by atoms with Crippen molar-refractivity contribution in [1.29, 1.82) is 0 Å². The maximum atomic E-state index is 13.8. The second kappa shape index (κ2) is 9.67. The Balaban J connectivity index is 1.93. The molecule has 0 unspecified atom stereocenters. The van der Waals surface area contributed by atoms with E-state index in [2.05, 4.69) is 15.3 Å². The lowest BCUT2D eigenvalue weighted by molar-refractivity contribution is 0.0945. The minimum atomic E-state index is -0.807. The molecule has 1 amide bonds. The number of carbonyl (C=O) groups excluding carboxylic acids is 1. The highest BCUT2D eigenvalue weighted by Gasteiger charge is 2.16. The Morgan fingerprint density at radius 2 is 2.03 bits per heavy atom. The molecule has 0 spiro atoms. The Morgan fingerprint density at radius 3 is 2.74 bits per heavy atom. The van der Waals surface area contributed by atoms with Gasteiger partial charge in [0, 0.05) is 29.3 Å². The van der Waals surface area contributed by atoms with Crippen LogP contribution in [0.3, 0.4) is 0 Å². The zero-order chi connectivity index (χ0) is 22.5. The highest BCUT2D eigenvalue weighted by Crippen LogP contribution is 2.26. The number of rotatable bonds is 7. The fourth-order valence-corrected chi connectivity index (χ4v) is 2.88. The number of hydrogen-bond donors (Lipinski definition) is 3. The summed E-state index contributed by atoms with van der Waals surface area (Å²) >= 11 is 5.99. The number of aliphatic hydroxyl groups is 1. The molecule has 0 aliphatic heterocycles. The fraction of sp³-hybridized carbons (Fsp3) is 0.190. The second-order valence-corrected chi connectivity index (χ2v) is 6.95. The lowest BCUT2D eigenvalue weighted by Gasteiger charge is -2.12. The van der Waals surface area contributed by atoms with Crippen LogP contribution in [0.4, 0.5) is 8.78 Å². The summed E-state index contributed by atoms with van der Waals surface area (Å²) in [7, 11) is 0. The zero-order valence-electron chi connectivity index (χ0n) is 16.3. The first kappa shape index (κ1) is 22.4. The molecule has 0 saturated heterocycles. The third-order valence-electron chi connectivity index (χ3n) is 4.36. The molecule has 31 heavy (non-hydrogen) atoms. The molecule has 2 aromatic carbocycles. The number of ether oxygens (including phenoxy) is 1. The quantitative estimate of drug-likeness (QED) is 0.514. The normalized spacial score (nSPS) is 10.7. The number of carbonyl (C=O) groups is 1. The Morgan fingerprint density at radius 1 is 1.26 bits per heavy atom. The van der Waals surface area contributed by atoms with Gasteiger partial charge in [-0.15, -0.1) is 0 Å². The first-order valence-electron chi connectivity index (χ1n) is 9.16. The zero-order valence-corrected chi connectivity index (χ0v) is 17.1. The molecule has 1 heterocycles. The minimum Gasteiger partial charge on any atom is -0.471 e. The molecule has 3 N–H and O–H groups in total. The van der Waals surface area contributed by atoms with Gasteiger partial charge in [0.05, 0.1) is 6.61 Å². The number of aromatic nitrogens is 2. The summed E-state index contributed by atoms with van der Waals surface area (Å²) in [6.45, 7) is 1.32. The van der Waals surface area contributed by atoms with E-state index in [0.29, 0.717) is 22.8 Å². The van der Waals surface area contributed by atoms with E-state index in [9.17, 15) is 18.4 Å². The molecular weight excluding hydrogens is 432 g/mol. The first-order chi connectivity index (χ1) is 14.8. The monoisotopic (exact) mass is 449 g/mol. The van der Waals surface area contributed by atoms with Gasteiger partial charge >= 0.3 is 0 Å². The van der Waals surface area contributed by atoms with Gasteiger partial charge in [-0.3, -0.25) is 9.59 Å². The summed E-state index contributed by atoms with van der Waals surface area (Å²) in [5.74, 6) is -2.08. The number of aryl methyl sites for hydroxylation is 1. The van der Waals surface area contributed by atoms with Gasteiger partial charge in [-0.05, 0) is 36.8 Å². The first-order valence-corrected chi connectivity index (χ1v) is 9.54. The van der Waals surface area contributed by atoms with Gasteiger partial charge in [0.25, 0.3) is 11.5 Å². The third-order valence-corrected chi connectivity index (χ3v) is 4.70. The Bertz CT molecular complexity index is 1180. The van der Waals surface area contributed by atoms with Crippen molar-refractivity contribution in [3.8, 4) is 17.3 Å². The molecule has 0 aliphatic rings. The highest BCUT2D eigenvalue weighted by molar-refractivity contribution is 6.31. The Labute approximate surface area is 180 Å². The molecule has 0 radical (unpaired) electrons. The van der Waals surface area contributed by atoms with E-state index < -0.39 is 23.1 Å². The van der Waals surface area contributed by atoms with Crippen LogP contribution in [0.2, 0.25) is 5.02 Å². The van der Waals surface area contributed by atoms with E-state index in [1.54, 1.807) is 19.1 Å². The van der Waals surface area contributed by atoms with E-state index in [0.717, 1.165) is 6.07 Å². The molecule has 0 bridgehead atoms.